The highest BCUT2D eigenvalue weighted by Gasteiger charge is 2.32. The van der Waals surface area contributed by atoms with E-state index in [9.17, 15) is 14.4 Å². The van der Waals surface area contributed by atoms with Gasteiger partial charge in [0.15, 0.2) is 6.10 Å². The van der Waals surface area contributed by atoms with E-state index >= 15 is 0 Å². The first-order chi connectivity index (χ1) is 13.5. The average Bonchev–Trinajstić information content (AvgIpc) is 3.03. The van der Waals surface area contributed by atoms with Crippen LogP contribution in [-0.4, -0.2) is 30.4 Å². The number of aryl methyl sites for hydroxylation is 1. The van der Waals surface area contributed by atoms with Gasteiger partial charge in [-0.15, -0.1) is 0 Å². The lowest BCUT2D eigenvalue weighted by Crippen LogP contribution is -2.47. The number of carbonyl (C=O) groups is 3. The Labute approximate surface area is 160 Å². The summed E-state index contributed by atoms with van der Waals surface area (Å²) in [7, 11) is 0. The summed E-state index contributed by atoms with van der Waals surface area (Å²) in [6.07, 6.45) is -1.08. The first kappa shape index (κ1) is 17.8. The Morgan fingerprint density at radius 1 is 1.14 bits per heavy atom. The lowest BCUT2D eigenvalue weighted by Gasteiger charge is -2.30. The van der Waals surface area contributed by atoms with Crippen molar-refractivity contribution in [1.82, 2.24) is 0 Å². The highest BCUT2D eigenvalue weighted by atomic mass is 16.6. The zero-order valence-corrected chi connectivity index (χ0v) is 15.4. The molecule has 1 N–H and O–H groups in total. The number of ether oxygens (including phenoxy) is 1. The Balaban J connectivity index is 1.55. The minimum absolute atomic E-state index is 0.0673. The molecule has 1 aliphatic heterocycles. The summed E-state index contributed by atoms with van der Waals surface area (Å²) < 4.78 is 11.0. The number of rotatable bonds is 3. The topological polar surface area (TPSA) is 88.9 Å². The van der Waals surface area contributed by atoms with Gasteiger partial charge in [0.25, 0.3) is 5.91 Å². The molecule has 0 saturated heterocycles. The van der Waals surface area contributed by atoms with Gasteiger partial charge in [0, 0.05) is 10.9 Å². The predicted molar refractivity (Wildman–Crippen MR) is 103 cm³/mol. The molecular formula is C21H18N2O5. The molecule has 0 saturated carbocycles. The fraction of sp³-hybridized carbons (Fsp3) is 0.190. The number of nitrogens with zero attached hydrogens (tertiary/aromatic N) is 1. The third kappa shape index (κ3) is 3.00. The molecule has 2 heterocycles. The maximum absolute atomic E-state index is 12.9. The smallest absolute Gasteiger partial charge is 0.375 e. The number of para-hydroxylation sites is 3. The van der Waals surface area contributed by atoms with Crippen LogP contribution in [0.1, 0.15) is 23.0 Å². The molecule has 0 spiro atoms. The quantitative estimate of drug-likeness (QED) is 0.707. The first-order valence-electron chi connectivity index (χ1n) is 8.85. The van der Waals surface area contributed by atoms with E-state index in [4.69, 9.17) is 9.15 Å². The third-order valence-corrected chi connectivity index (χ3v) is 4.70. The second-order valence-corrected chi connectivity index (χ2v) is 6.59. The van der Waals surface area contributed by atoms with Crippen LogP contribution in [0.3, 0.4) is 0 Å². The van der Waals surface area contributed by atoms with E-state index in [2.05, 4.69) is 5.32 Å². The van der Waals surface area contributed by atoms with E-state index in [1.165, 1.54) is 11.8 Å². The predicted octanol–water partition coefficient (Wildman–Crippen LogP) is 3.27. The summed E-state index contributed by atoms with van der Waals surface area (Å²) >= 11 is 0. The summed E-state index contributed by atoms with van der Waals surface area (Å²) in [5, 5.41) is 3.53. The molecule has 1 atom stereocenters. The number of benzene rings is 2. The van der Waals surface area contributed by atoms with Crippen LogP contribution >= 0.6 is 0 Å². The molecule has 0 aliphatic carbocycles. The molecule has 7 heteroatoms. The van der Waals surface area contributed by atoms with Gasteiger partial charge in [-0.2, -0.15) is 0 Å². The van der Waals surface area contributed by atoms with Crippen LogP contribution < -0.4 is 10.2 Å². The molecule has 3 aromatic rings. The van der Waals surface area contributed by atoms with Gasteiger partial charge in [-0.1, -0.05) is 30.3 Å². The maximum Gasteiger partial charge on any atom is 0.375 e. The van der Waals surface area contributed by atoms with Crippen molar-refractivity contribution in [2.24, 2.45) is 0 Å². The summed E-state index contributed by atoms with van der Waals surface area (Å²) in [4.78, 5) is 38.7. The van der Waals surface area contributed by atoms with Gasteiger partial charge in [-0.3, -0.25) is 14.5 Å². The lowest BCUT2D eigenvalue weighted by molar-refractivity contribution is -0.128. The fourth-order valence-electron chi connectivity index (χ4n) is 3.28. The van der Waals surface area contributed by atoms with Crippen LogP contribution in [0.25, 0.3) is 11.0 Å². The number of carbonyl (C=O) groups excluding carboxylic acids is 3. The molecule has 7 nitrogen and oxygen atoms in total. The second kappa shape index (κ2) is 6.84. The van der Waals surface area contributed by atoms with E-state index in [0.29, 0.717) is 22.5 Å². The standard InChI is InChI=1S/C21H18N2O5/c1-12-14-7-3-6-10-17(14)28-19(12)21(26)27-13(2)20(25)23-11-18(24)22-15-8-4-5-9-16(15)23/h3-10,13H,11H2,1-2H3,(H,22,24). The molecule has 1 aromatic heterocycles. The average molecular weight is 378 g/mol. The van der Waals surface area contributed by atoms with Crippen molar-refractivity contribution in [2.45, 2.75) is 20.0 Å². The molecule has 1 unspecified atom stereocenters. The molecule has 28 heavy (non-hydrogen) atoms. The fourth-order valence-corrected chi connectivity index (χ4v) is 3.28. The lowest BCUT2D eigenvalue weighted by atomic mass is 10.1. The minimum Gasteiger partial charge on any atom is -0.449 e. The Hall–Kier alpha value is -3.61. The zero-order valence-electron chi connectivity index (χ0n) is 15.4. The number of hydrogen-bond donors (Lipinski definition) is 1. The summed E-state index contributed by atoms with van der Waals surface area (Å²) in [6.45, 7) is 3.11. The molecule has 0 radical (unpaired) electrons. The normalized spacial score (nSPS) is 14.4. The Kier molecular flexibility index (Phi) is 4.35. The van der Waals surface area contributed by atoms with Crippen LogP contribution in [0.5, 0.6) is 0 Å². The molecule has 0 bridgehead atoms. The van der Waals surface area contributed by atoms with Gasteiger partial charge in [-0.25, -0.2) is 4.79 Å². The molecule has 142 valence electrons. The number of esters is 1. The van der Waals surface area contributed by atoms with Gasteiger partial charge in [-0.05, 0) is 32.0 Å². The van der Waals surface area contributed by atoms with Crippen molar-refractivity contribution in [3.05, 3.63) is 59.9 Å². The Morgan fingerprint density at radius 2 is 1.86 bits per heavy atom. The van der Waals surface area contributed by atoms with Crippen molar-refractivity contribution in [1.29, 1.82) is 0 Å². The van der Waals surface area contributed by atoms with Crippen molar-refractivity contribution in [2.75, 3.05) is 16.8 Å². The van der Waals surface area contributed by atoms with E-state index < -0.39 is 18.0 Å². The van der Waals surface area contributed by atoms with Crippen LogP contribution in [0.4, 0.5) is 11.4 Å². The van der Waals surface area contributed by atoms with Gasteiger partial charge in [0.05, 0.1) is 11.4 Å². The van der Waals surface area contributed by atoms with Crippen molar-refractivity contribution >= 4 is 40.1 Å². The van der Waals surface area contributed by atoms with E-state index in [1.54, 1.807) is 37.3 Å². The molecule has 2 aromatic carbocycles. The third-order valence-electron chi connectivity index (χ3n) is 4.70. The summed E-state index contributed by atoms with van der Waals surface area (Å²) in [5.41, 5.74) is 2.34. The van der Waals surface area contributed by atoms with Crippen molar-refractivity contribution in [3.63, 3.8) is 0 Å². The zero-order chi connectivity index (χ0) is 19.8. The molecule has 1 aliphatic rings. The van der Waals surface area contributed by atoms with Gasteiger partial charge in [0.1, 0.15) is 12.1 Å². The highest BCUT2D eigenvalue weighted by Crippen LogP contribution is 2.30. The minimum atomic E-state index is -1.08. The summed E-state index contributed by atoms with van der Waals surface area (Å²) in [6, 6.07) is 14.2. The van der Waals surface area contributed by atoms with E-state index in [0.717, 1.165) is 5.39 Å². The number of hydrogen-bond acceptors (Lipinski definition) is 5. The largest absolute Gasteiger partial charge is 0.449 e. The van der Waals surface area contributed by atoms with Crippen LogP contribution in [-0.2, 0) is 14.3 Å². The SMILES string of the molecule is Cc1c(C(=O)OC(C)C(=O)N2CC(=O)Nc3ccccc32)oc2ccccc12. The summed E-state index contributed by atoms with van der Waals surface area (Å²) in [5.74, 6) is -1.44. The van der Waals surface area contributed by atoms with Crippen LogP contribution in [0.2, 0.25) is 0 Å². The van der Waals surface area contributed by atoms with E-state index in [-0.39, 0.29) is 18.2 Å². The number of anilines is 2. The van der Waals surface area contributed by atoms with Crippen molar-refractivity contribution in [3.8, 4) is 0 Å². The van der Waals surface area contributed by atoms with Gasteiger partial charge >= 0.3 is 5.97 Å². The van der Waals surface area contributed by atoms with Gasteiger partial charge in [0.2, 0.25) is 11.7 Å². The highest BCUT2D eigenvalue weighted by molar-refractivity contribution is 6.11. The Bertz CT molecular complexity index is 1100. The molecule has 2 amide bonds. The monoisotopic (exact) mass is 378 g/mol. The number of furan rings is 1. The first-order valence-corrected chi connectivity index (χ1v) is 8.85. The number of fused-ring (bicyclic) bond motifs is 2. The van der Waals surface area contributed by atoms with Crippen LogP contribution in [0, 0.1) is 6.92 Å². The molecule has 0 fully saturated rings. The number of nitrogens with one attached hydrogen (secondary N) is 1. The number of amides is 2. The Morgan fingerprint density at radius 3 is 2.64 bits per heavy atom. The molecule has 4 rings (SSSR count). The van der Waals surface area contributed by atoms with E-state index in [1.807, 2.05) is 18.2 Å². The second-order valence-electron chi connectivity index (χ2n) is 6.59. The maximum atomic E-state index is 12.9. The van der Waals surface area contributed by atoms with Crippen LogP contribution in [0.15, 0.2) is 52.9 Å². The van der Waals surface area contributed by atoms with Crippen molar-refractivity contribution < 1.29 is 23.5 Å². The molecular weight excluding hydrogens is 360 g/mol. The van der Waals surface area contributed by atoms with Gasteiger partial charge < -0.3 is 14.5 Å².